The number of anilines is 1. The van der Waals surface area contributed by atoms with E-state index in [1.807, 2.05) is 12.3 Å². The van der Waals surface area contributed by atoms with Gasteiger partial charge in [-0.3, -0.25) is 4.98 Å². The lowest BCUT2D eigenvalue weighted by Crippen LogP contribution is -2.28. The van der Waals surface area contributed by atoms with Crippen molar-refractivity contribution >= 4 is 5.69 Å². The van der Waals surface area contributed by atoms with E-state index < -0.39 is 0 Å². The lowest BCUT2D eigenvalue weighted by atomic mass is 9.89. The molecule has 0 atom stereocenters. The van der Waals surface area contributed by atoms with E-state index in [1.165, 1.54) is 37.8 Å². The lowest BCUT2D eigenvalue weighted by Gasteiger charge is -2.29. The van der Waals surface area contributed by atoms with E-state index in [-0.39, 0.29) is 0 Å². The van der Waals surface area contributed by atoms with E-state index in [4.69, 9.17) is 5.73 Å². The fourth-order valence-corrected chi connectivity index (χ4v) is 2.79. The zero-order valence-electron chi connectivity index (χ0n) is 10.7. The Kier molecular flexibility index (Phi) is 4.37. The van der Waals surface area contributed by atoms with Crippen LogP contribution in [-0.4, -0.2) is 18.6 Å². The maximum Gasteiger partial charge on any atom is 0.0772 e. The van der Waals surface area contributed by atoms with Crippen molar-refractivity contribution in [3.05, 3.63) is 24.0 Å². The summed E-state index contributed by atoms with van der Waals surface area (Å²) in [5.74, 6) is 0.847. The van der Waals surface area contributed by atoms with E-state index in [9.17, 15) is 0 Å². The molecule has 0 unspecified atom stereocenters. The van der Waals surface area contributed by atoms with Crippen LogP contribution in [0.25, 0.3) is 0 Å². The summed E-state index contributed by atoms with van der Waals surface area (Å²) in [7, 11) is 2.16. The van der Waals surface area contributed by atoms with Crippen LogP contribution in [0.2, 0.25) is 0 Å². The molecule has 1 aromatic rings. The quantitative estimate of drug-likeness (QED) is 0.869. The average Bonchev–Trinajstić information content (AvgIpc) is 2.40. The first-order chi connectivity index (χ1) is 8.31. The molecule has 2 rings (SSSR count). The number of aromatic nitrogens is 1. The van der Waals surface area contributed by atoms with Crippen molar-refractivity contribution in [1.29, 1.82) is 0 Å². The molecule has 0 aliphatic heterocycles. The normalized spacial score (nSPS) is 17.1. The van der Waals surface area contributed by atoms with Crippen LogP contribution in [-0.2, 0) is 6.54 Å². The van der Waals surface area contributed by atoms with Crippen molar-refractivity contribution in [2.45, 2.75) is 38.6 Å². The second-order valence-electron chi connectivity index (χ2n) is 5.06. The van der Waals surface area contributed by atoms with Gasteiger partial charge in [0.1, 0.15) is 0 Å². The van der Waals surface area contributed by atoms with E-state index in [1.54, 1.807) is 0 Å². The summed E-state index contributed by atoms with van der Waals surface area (Å²) >= 11 is 0. The van der Waals surface area contributed by atoms with Gasteiger partial charge in [0.2, 0.25) is 0 Å². The summed E-state index contributed by atoms with van der Waals surface area (Å²) in [4.78, 5) is 6.67. The fraction of sp³-hybridized carbons (Fsp3) is 0.643. The number of nitrogens with zero attached hydrogens (tertiary/aromatic N) is 2. The predicted molar refractivity (Wildman–Crippen MR) is 72.0 cm³/mol. The first kappa shape index (κ1) is 12.4. The van der Waals surface area contributed by atoms with Crippen LogP contribution in [0.5, 0.6) is 0 Å². The molecule has 0 aromatic carbocycles. The maximum absolute atomic E-state index is 5.73. The van der Waals surface area contributed by atoms with Gasteiger partial charge in [-0.25, -0.2) is 0 Å². The zero-order valence-corrected chi connectivity index (χ0v) is 10.7. The molecule has 1 fully saturated rings. The Balaban J connectivity index is 2.00. The summed E-state index contributed by atoms with van der Waals surface area (Å²) in [6.07, 6.45) is 8.79. The fourth-order valence-electron chi connectivity index (χ4n) is 2.79. The van der Waals surface area contributed by atoms with E-state index in [2.05, 4.69) is 23.0 Å². The minimum Gasteiger partial charge on any atom is -0.373 e. The molecule has 1 heterocycles. The predicted octanol–water partition coefficient (Wildman–Crippen LogP) is 2.56. The number of hydrogen-bond acceptors (Lipinski definition) is 3. The number of rotatable bonds is 4. The second-order valence-corrected chi connectivity index (χ2v) is 5.06. The van der Waals surface area contributed by atoms with Gasteiger partial charge in [0.15, 0.2) is 0 Å². The molecule has 17 heavy (non-hydrogen) atoms. The van der Waals surface area contributed by atoms with Crippen molar-refractivity contribution in [3.63, 3.8) is 0 Å². The van der Waals surface area contributed by atoms with Gasteiger partial charge in [-0.1, -0.05) is 19.3 Å². The van der Waals surface area contributed by atoms with Crippen LogP contribution in [0.15, 0.2) is 18.3 Å². The molecule has 0 spiro atoms. The first-order valence-corrected chi connectivity index (χ1v) is 6.66. The van der Waals surface area contributed by atoms with Gasteiger partial charge >= 0.3 is 0 Å². The van der Waals surface area contributed by atoms with Gasteiger partial charge < -0.3 is 10.6 Å². The van der Waals surface area contributed by atoms with Gasteiger partial charge in [0.25, 0.3) is 0 Å². The number of pyridine rings is 1. The first-order valence-electron chi connectivity index (χ1n) is 6.66. The van der Waals surface area contributed by atoms with Crippen molar-refractivity contribution < 1.29 is 0 Å². The van der Waals surface area contributed by atoms with Crippen LogP contribution >= 0.6 is 0 Å². The van der Waals surface area contributed by atoms with Crippen molar-refractivity contribution in [3.8, 4) is 0 Å². The van der Waals surface area contributed by atoms with E-state index in [0.717, 1.165) is 18.2 Å². The minimum atomic E-state index is 0.519. The molecule has 0 amide bonds. The van der Waals surface area contributed by atoms with Crippen LogP contribution in [0, 0.1) is 5.92 Å². The molecule has 1 aliphatic carbocycles. The highest BCUT2D eigenvalue weighted by Gasteiger charge is 2.16. The van der Waals surface area contributed by atoms with Gasteiger partial charge in [-0.05, 0) is 30.9 Å². The second kappa shape index (κ2) is 6.01. The van der Waals surface area contributed by atoms with Gasteiger partial charge in [-0.2, -0.15) is 0 Å². The van der Waals surface area contributed by atoms with E-state index >= 15 is 0 Å². The Bertz CT molecular complexity index is 345. The average molecular weight is 233 g/mol. The third kappa shape index (κ3) is 3.19. The number of hydrogen-bond donors (Lipinski definition) is 1. The topological polar surface area (TPSA) is 42.2 Å². The molecule has 0 radical (unpaired) electrons. The summed E-state index contributed by atoms with van der Waals surface area (Å²) < 4.78 is 0. The van der Waals surface area contributed by atoms with Crippen molar-refractivity contribution in [2.24, 2.45) is 11.7 Å². The highest BCUT2D eigenvalue weighted by Crippen LogP contribution is 2.26. The minimum absolute atomic E-state index is 0.519. The molecular weight excluding hydrogens is 210 g/mol. The summed E-state index contributed by atoms with van der Waals surface area (Å²) in [5, 5.41) is 0. The Morgan fingerprint density at radius 3 is 2.82 bits per heavy atom. The molecule has 1 saturated carbocycles. The highest BCUT2D eigenvalue weighted by atomic mass is 15.1. The maximum atomic E-state index is 5.73. The summed E-state index contributed by atoms with van der Waals surface area (Å²) in [6.45, 7) is 1.66. The van der Waals surface area contributed by atoms with Crippen molar-refractivity contribution in [1.82, 2.24) is 4.98 Å². The van der Waals surface area contributed by atoms with Gasteiger partial charge in [0, 0.05) is 26.3 Å². The third-order valence-corrected chi connectivity index (χ3v) is 3.73. The third-order valence-electron chi connectivity index (χ3n) is 3.73. The molecule has 0 bridgehead atoms. The summed E-state index contributed by atoms with van der Waals surface area (Å²) in [5.41, 5.74) is 7.93. The van der Waals surface area contributed by atoms with Gasteiger partial charge in [-0.15, -0.1) is 0 Å². The molecule has 3 nitrogen and oxygen atoms in total. The van der Waals surface area contributed by atoms with Crippen molar-refractivity contribution in [2.75, 3.05) is 18.5 Å². The standard InChI is InChI=1S/C14H23N3/c1-17(11-12-6-3-2-4-7-12)14-8-5-9-16-13(14)10-15/h5,8-9,12H,2-4,6-7,10-11,15H2,1H3. The Morgan fingerprint density at radius 1 is 1.35 bits per heavy atom. The SMILES string of the molecule is CN(CC1CCCCC1)c1cccnc1CN. The molecule has 3 heteroatoms. The van der Waals surface area contributed by atoms with Crippen LogP contribution in [0.3, 0.4) is 0 Å². The molecule has 1 aromatic heterocycles. The molecular formula is C14H23N3. The molecule has 2 N–H and O–H groups in total. The molecule has 1 aliphatic rings. The van der Waals surface area contributed by atoms with Crippen LogP contribution in [0.1, 0.15) is 37.8 Å². The van der Waals surface area contributed by atoms with Crippen LogP contribution in [0.4, 0.5) is 5.69 Å². The Hall–Kier alpha value is -1.09. The van der Waals surface area contributed by atoms with Gasteiger partial charge in [0.05, 0.1) is 11.4 Å². The summed E-state index contributed by atoms with van der Waals surface area (Å²) in [6, 6.07) is 4.11. The monoisotopic (exact) mass is 233 g/mol. The van der Waals surface area contributed by atoms with Crippen LogP contribution < -0.4 is 10.6 Å². The highest BCUT2D eigenvalue weighted by molar-refractivity contribution is 5.49. The smallest absolute Gasteiger partial charge is 0.0772 e. The number of nitrogens with two attached hydrogens (primary N) is 1. The Morgan fingerprint density at radius 2 is 2.12 bits per heavy atom. The largest absolute Gasteiger partial charge is 0.373 e. The zero-order chi connectivity index (χ0) is 12.1. The Labute approximate surface area is 104 Å². The molecule has 0 saturated heterocycles. The van der Waals surface area contributed by atoms with E-state index in [0.29, 0.717) is 6.54 Å². The molecule has 94 valence electrons. The lowest BCUT2D eigenvalue weighted by molar-refractivity contribution is 0.362.